The molecule has 2 N–H and O–H groups in total. The maximum atomic E-state index is 13.6. The van der Waals surface area contributed by atoms with Crippen LogP contribution in [0.25, 0.3) is 0 Å². The molecule has 2 rings (SSSR count). The average Bonchev–Trinajstić information content (AvgIpc) is 2.50. The average molecular weight is 310 g/mol. The fraction of sp³-hybridized carbons (Fsp3) is 0.250. The summed E-state index contributed by atoms with van der Waals surface area (Å²) >= 11 is 5.69. The van der Waals surface area contributed by atoms with Crippen LogP contribution in [0.1, 0.15) is 17.2 Å². The lowest BCUT2D eigenvalue weighted by molar-refractivity contribution is 0.145. The summed E-state index contributed by atoms with van der Waals surface area (Å²) < 4.78 is 24.2. The molecule has 0 saturated heterocycles. The van der Waals surface area contributed by atoms with Crippen molar-refractivity contribution in [2.75, 3.05) is 20.3 Å². The Labute approximate surface area is 128 Å². The maximum Gasteiger partial charge on any atom is 0.142 e. The van der Waals surface area contributed by atoms with Gasteiger partial charge in [0, 0.05) is 12.7 Å². The minimum Gasteiger partial charge on any atom is -0.491 e. The van der Waals surface area contributed by atoms with Crippen LogP contribution in [0.15, 0.2) is 42.5 Å². The molecule has 0 spiro atoms. The number of hydrogen-bond donors (Lipinski definition) is 1. The molecule has 1 atom stereocenters. The second kappa shape index (κ2) is 7.41. The van der Waals surface area contributed by atoms with E-state index in [1.807, 2.05) is 24.3 Å². The lowest BCUT2D eigenvalue weighted by atomic mass is 9.98. The van der Waals surface area contributed by atoms with Gasteiger partial charge in [-0.25, -0.2) is 4.39 Å². The number of para-hydroxylation sites is 1. The van der Waals surface area contributed by atoms with Crippen molar-refractivity contribution >= 4 is 11.6 Å². The predicted octanol–water partition coefficient (Wildman–Crippen LogP) is 3.55. The zero-order valence-corrected chi connectivity index (χ0v) is 12.4. The van der Waals surface area contributed by atoms with E-state index in [4.69, 9.17) is 26.8 Å². The van der Waals surface area contributed by atoms with Crippen molar-refractivity contribution in [3.63, 3.8) is 0 Å². The van der Waals surface area contributed by atoms with Crippen molar-refractivity contribution in [2.24, 2.45) is 5.73 Å². The zero-order valence-electron chi connectivity index (χ0n) is 11.7. The van der Waals surface area contributed by atoms with E-state index in [9.17, 15) is 4.39 Å². The first kappa shape index (κ1) is 15.8. The quantitative estimate of drug-likeness (QED) is 0.830. The van der Waals surface area contributed by atoms with E-state index in [2.05, 4.69) is 0 Å². The summed E-state index contributed by atoms with van der Waals surface area (Å²) in [6.45, 7) is 0.911. The number of nitrogens with two attached hydrogens (primary N) is 1. The predicted molar refractivity (Wildman–Crippen MR) is 81.3 cm³/mol. The van der Waals surface area contributed by atoms with Crippen LogP contribution in [-0.2, 0) is 4.74 Å². The third kappa shape index (κ3) is 3.94. The van der Waals surface area contributed by atoms with Gasteiger partial charge in [-0.1, -0.05) is 35.9 Å². The Morgan fingerprint density at radius 3 is 2.67 bits per heavy atom. The van der Waals surface area contributed by atoms with E-state index >= 15 is 0 Å². The molecule has 5 heteroatoms. The first-order valence-electron chi connectivity index (χ1n) is 6.54. The van der Waals surface area contributed by atoms with Gasteiger partial charge < -0.3 is 15.2 Å². The maximum absolute atomic E-state index is 13.6. The van der Waals surface area contributed by atoms with Gasteiger partial charge >= 0.3 is 0 Å². The summed E-state index contributed by atoms with van der Waals surface area (Å²) in [7, 11) is 1.61. The Morgan fingerprint density at radius 2 is 1.95 bits per heavy atom. The van der Waals surface area contributed by atoms with E-state index in [1.54, 1.807) is 13.2 Å². The second-order valence-corrected chi connectivity index (χ2v) is 4.94. The molecule has 0 aliphatic carbocycles. The first-order chi connectivity index (χ1) is 10.1. The molecule has 2 aromatic carbocycles. The van der Waals surface area contributed by atoms with Gasteiger partial charge in [0.15, 0.2) is 0 Å². The van der Waals surface area contributed by atoms with E-state index in [-0.39, 0.29) is 5.02 Å². The minimum absolute atomic E-state index is 0.0792. The van der Waals surface area contributed by atoms with Gasteiger partial charge in [0.1, 0.15) is 18.2 Å². The molecule has 0 bridgehead atoms. The second-order valence-electron chi connectivity index (χ2n) is 4.53. The fourth-order valence-electron chi connectivity index (χ4n) is 1.99. The Morgan fingerprint density at radius 1 is 1.19 bits per heavy atom. The van der Waals surface area contributed by atoms with Gasteiger partial charge in [-0.15, -0.1) is 0 Å². The highest BCUT2D eigenvalue weighted by atomic mass is 35.5. The van der Waals surface area contributed by atoms with E-state index in [0.29, 0.717) is 24.5 Å². The van der Waals surface area contributed by atoms with E-state index in [1.165, 1.54) is 12.1 Å². The fourth-order valence-corrected chi connectivity index (χ4v) is 2.11. The summed E-state index contributed by atoms with van der Waals surface area (Å²) in [4.78, 5) is 0. The van der Waals surface area contributed by atoms with Crippen LogP contribution < -0.4 is 10.5 Å². The smallest absolute Gasteiger partial charge is 0.142 e. The molecule has 0 aromatic heterocycles. The summed E-state index contributed by atoms with van der Waals surface area (Å²) in [6, 6.07) is 11.5. The van der Waals surface area contributed by atoms with Gasteiger partial charge in [0.25, 0.3) is 0 Å². The van der Waals surface area contributed by atoms with Crippen molar-refractivity contribution in [3.05, 3.63) is 64.4 Å². The van der Waals surface area contributed by atoms with Crippen LogP contribution in [0.5, 0.6) is 5.75 Å². The number of halogens is 2. The van der Waals surface area contributed by atoms with Crippen molar-refractivity contribution in [3.8, 4) is 5.75 Å². The molecule has 0 aliphatic rings. The molecule has 3 nitrogen and oxygen atoms in total. The molecule has 1 unspecified atom stereocenters. The molecular formula is C16H17ClFNO2. The van der Waals surface area contributed by atoms with Gasteiger partial charge in [-0.3, -0.25) is 0 Å². The molecule has 0 amide bonds. The third-order valence-electron chi connectivity index (χ3n) is 3.10. The van der Waals surface area contributed by atoms with Crippen LogP contribution in [0.2, 0.25) is 5.02 Å². The number of rotatable bonds is 6. The molecule has 0 saturated carbocycles. The molecule has 112 valence electrons. The first-order valence-corrected chi connectivity index (χ1v) is 6.92. The summed E-state index contributed by atoms with van der Waals surface area (Å²) in [5, 5.41) is 0.0792. The molecule has 0 radical (unpaired) electrons. The Hall–Kier alpha value is -1.62. The Kier molecular flexibility index (Phi) is 5.56. The van der Waals surface area contributed by atoms with Crippen molar-refractivity contribution in [1.82, 2.24) is 0 Å². The topological polar surface area (TPSA) is 44.5 Å². The van der Waals surface area contributed by atoms with Gasteiger partial charge in [0.2, 0.25) is 0 Å². The molecule has 21 heavy (non-hydrogen) atoms. The summed E-state index contributed by atoms with van der Waals surface area (Å²) in [5.41, 5.74) is 7.65. The number of hydrogen-bond acceptors (Lipinski definition) is 3. The molecule has 0 heterocycles. The highest BCUT2D eigenvalue weighted by Crippen LogP contribution is 2.29. The van der Waals surface area contributed by atoms with Crippen LogP contribution in [0.4, 0.5) is 4.39 Å². The van der Waals surface area contributed by atoms with Crippen LogP contribution in [-0.4, -0.2) is 20.3 Å². The van der Waals surface area contributed by atoms with Crippen molar-refractivity contribution < 1.29 is 13.9 Å². The lowest BCUT2D eigenvalue weighted by Gasteiger charge is -2.17. The van der Waals surface area contributed by atoms with Gasteiger partial charge in [-0.05, 0) is 23.8 Å². The molecule has 0 aliphatic heterocycles. The van der Waals surface area contributed by atoms with E-state index < -0.39 is 11.9 Å². The normalized spacial score (nSPS) is 12.2. The standard InChI is InChI=1S/C16H17ClFNO2/c1-20-8-9-21-15-5-3-2-4-12(15)16(19)11-6-7-13(17)14(18)10-11/h2-7,10,16H,8-9,19H2,1H3. The van der Waals surface area contributed by atoms with Crippen molar-refractivity contribution in [2.45, 2.75) is 6.04 Å². The highest BCUT2D eigenvalue weighted by molar-refractivity contribution is 6.30. The van der Waals surface area contributed by atoms with Crippen molar-refractivity contribution in [1.29, 1.82) is 0 Å². The zero-order chi connectivity index (χ0) is 15.2. The highest BCUT2D eigenvalue weighted by Gasteiger charge is 2.15. The summed E-state index contributed by atoms with van der Waals surface area (Å²) in [5.74, 6) is 0.180. The van der Waals surface area contributed by atoms with Crippen LogP contribution in [0.3, 0.4) is 0 Å². The van der Waals surface area contributed by atoms with Crippen LogP contribution >= 0.6 is 11.6 Å². The van der Waals surface area contributed by atoms with Gasteiger partial charge in [-0.2, -0.15) is 0 Å². The number of ether oxygens (including phenoxy) is 2. The SMILES string of the molecule is COCCOc1ccccc1C(N)c1ccc(Cl)c(F)c1. The van der Waals surface area contributed by atoms with Gasteiger partial charge in [0.05, 0.1) is 17.7 Å². The minimum atomic E-state index is -0.490. The Bertz CT molecular complexity index is 607. The number of methoxy groups -OCH3 is 1. The molecule has 2 aromatic rings. The van der Waals surface area contributed by atoms with Crippen LogP contribution in [0, 0.1) is 5.82 Å². The number of benzene rings is 2. The summed E-state index contributed by atoms with van der Waals surface area (Å²) in [6.07, 6.45) is 0. The third-order valence-corrected chi connectivity index (χ3v) is 3.41. The lowest BCUT2D eigenvalue weighted by Crippen LogP contribution is -2.15. The monoisotopic (exact) mass is 309 g/mol. The molecule has 0 fully saturated rings. The Balaban J connectivity index is 2.25. The molecular weight excluding hydrogens is 293 g/mol. The largest absolute Gasteiger partial charge is 0.491 e. The van der Waals surface area contributed by atoms with E-state index in [0.717, 1.165) is 5.56 Å².